The van der Waals surface area contributed by atoms with Crippen LogP contribution in [0, 0.1) is 3.57 Å². The van der Waals surface area contributed by atoms with Gasteiger partial charge >= 0.3 is 5.97 Å². The molecule has 1 aromatic heterocycles. The van der Waals surface area contributed by atoms with Gasteiger partial charge in [0.1, 0.15) is 18.1 Å². The molecule has 0 bridgehead atoms. The summed E-state index contributed by atoms with van der Waals surface area (Å²) in [4.78, 5) is 32.4. The van der Waals surface area contributed by atoms with E-state index in [0.29, 0.717) is 54.3 Å². The Morgan fingerprint density at radius 3 is 2.51 bits per heavy atom. The first kappa shape index (κ1) is 31.3. The van der Waals surface area contributed by atoms with Crippen LogP contribution >= 0.6 is 57.1 Å². The van der Waals surface area contributed by atoms with Crippen molar-refractivity contribution in [3.05, 3.63) is 122 Å². The molecule has 222 valence electrons. The molecule has 0 fully saturated rings. The summed E-state index contributed by atoms with van der Waals surface area (Å²) in [5.74, 6) is 0.746. The fourth-order valence-corrected chi connectivity index (χ4v) is 7.21. The van der Waals surface area contributed by atoms with Gasteiger partial charge in [0, 0.05) is 21.2 Å². The number of aromatic nitrogens is 1. The van der Waals surface area contributed by atoms with Crippen LogP contribution in [0.2, 0.25) is 10.0 Å². The molecule has 11 heteroatoms. The van der Waals surface area contributed by atoms with Crippen LogP contribution < -0.4 is 24.4 Å². The number of allylic oxidation sites excluding steroid dienone is 1. The first-order valence-electron chi connectivity index (χ1n) is 13.5. The maximum Gasteiger partial charge on any atom is 0.338 e. The van der Waals surface area contributed by atoms with E-state index in [1.54, 1.807) is 36.6 Å². The van der Waals surface area contributed by atoms with Crippen molar-refractivity contribution < 1.29 is 19.0 Å². The first-order valence-corrected chi connectivity index (χ1v) is 16.1. The minimum atomic E-state index is -0.733. The molecule has 0 saturated carbocycles. The van der Waals surface area contributed by atoms with E-state index in [4.69, 9.17) is 37.4 Å². The Labute approximate surface area is 276 Å². The van der Waals surface area contributed by atoms with E-state index in [0.717, 1.165) is 14.7 Å². The quantitative estimate of drug-likeness (QED) is 0.141. The number of nitrogens with zero attached hydrogens (tertiary/aromatic N) is 2. The Balaban J connectivity index is 1.64. The molecule has 0 unspecified atom stereocenters. The molecule has 7 nitrogen and oxygen atoms in total. The molecular formula is C32H27Cl2IN2O5S. The Bertz CT molecular complexity index is 1900. The monoisotopic (exact) mass is 748 g/mol. The third-order valence-corrected chi connectivity index (χ3v) is 9.05. The largest absolute Gasteiger partial charge is 0.494 e. The summed E-state index contributed by atoms with van der Waals surface area (Å²) in [6.45, 7) is 6.36. The van der Waals surface area contributed by atoms with Crippen molar-refractivity contribution in [2.24, 2.45) is 4.99 Å². The molecule has 2 heterocycles. The Morgan fingerprint density at radius 1 is 1.07 bits per heavy atom. The number of benzene rings is 3. The van der Waals surface area contributed by atoms with Gasteiger partial charge in [-0.1, -0.05) is 64.9 Å². The van der Waals surface area contributed by atoms with E-state index in [-0.39, 0.29) is 18.8 Å². The Kier molecular flexibility index (Phi) is 9.95. The highest BCUT2D eigenvalue weighted by molar-refractivity contribution is 14.1. The first-order chi connectivity index (χ1) is 20.7. The summed E-state index contributed by atoms with van der Waals surface area (Å²) >= 11 is 16.2. The van der Waals surface area contributed by atoms with Gasteiger partial charge < -0.3 is 14.2 Å². The van der Waals surface area contributed by atoms with Crippen LogP contribution in [0.25, 0.3) is 6.08 Å². The van der Waals surface area contributed by atoms with Crippen LogP contribution in [-0.4, -0.2) is 23.8 Å². The second kappa shape index (κ2) is 13.7. The standard InChI is InChI=1S/C32H27Cl2IN2O5S/c1-4-40-23-12-10-19(11-13-23)28-27(31(39)41-5-2)18(3)36-32-37(28)30(38)26(43-32)15-21-14-22(33)16-25(35)29(21)42-17-20-8-6-7-9-24(20)34/h6-16,28H,4-5,17H2,1-3H3/b26-15-/t28-/m0/s1. The van der Waals surface area contributed by atoms with E-state index in [1.807, 2.05) is 55.5 Å². The Morgan fingerprint density at radius 2 is 1.81 bits per heavy atom. The van der Waals surface area contributed by atoms with Gasteiger partial charge in [0.25, 0.3) is 5.56 Å². The normalized spacial score (nSPS) is 14.7. The lowest BCUT2D eigenvalue weighted by molar-refractivity contribution is -0.139. The second-order valence-corrected chi connectivity index (χ2v) is 12.5. The zero-order valence-corrected chi connectivity index (χ0v) is 28.0. The van der Waals surface area contributed by atoms with Crippen molar-refractivity contribution in [1.29, 1.82) is 0 Å². The van der Waals surface area contributed by atoms with Crippen LogP contribution in [0.1, 0.15) is 43.5 Å². The zero-order chi connectivity index (χ0) is 30.7. The fraction of sp³-hybridized carbons (Fsp3) is 0.219. The smallest absolute Gasteiger partial charge is 0.338 e. The number of ether oxygens (including phenoxy) is 3. The molecule has 43 heavy (non-hydrogen) atoms. The van der Waals surface area contributed by atoms with E-state index < -0.39 is 12.0 Å². The maximum atomic E-state index is 14.1. The van der Waals surface area contributed by atoms with Gasteiger partial charge in [-0.05, 0) is 85.3 Å². The highest BCUT2D eigenvalue weighted by atomic mass is 127. The van der Waals surface area contributed by atoms with Gasteiger partial charge in [0.2, 0.25) is 0 Å². The van der Waals surface area contributed by atoms with Crippen LogP contribution in [-0.2, 0) is 16.1 Å². The number of carbonyl (C=O) groups is 1. The van der Waals surface area contributed by atoms with Crippen molar-refractivity contribution in [2.75, 3.05) is 13.2 Å². The van der Waals surface area contributed by atoms with Crippen molar-refractivity contribution in [3.8, 4) is 11.5 Å². The molecule has 0 radical (unpaired) electrons. The molecule has 0 N–H and O–H groups in total. The SMILES string of the molecule is CCOC(=O)C1=C(C)N=c2s/c(=C\c3cc(Cl)cc(I)c3OCc3ccccc3Cl)c(=O)n2[C@H]1c1ccc(OCC)cc1. The summed E-state index contributed by atoms with van der Waals surface area (Å²) in [6, 6.07) is 17.6. The molecule has 1 aliphatic rings. The lowest BCUT2D eigenvalue weighted by Gasteiger charge is -2.24. The van der Waals surface area contributed by atoms with Crippen LogP contribution in [0.5, 0.6) is 11.5 Å². The van der Waals surface area contributed by atoms with Crippen molar-refractivity contribution >= 4 is 69.2 Å². The van der Waals surface area contributed by atoms with Crippen LogP contribution in [0.15, 0.2) is 81.7 Å². The highest BCUT2D eigenvalue weighted by Gasteiger charge is 2.33. The van der Waals surface area contributed by atoms with E-state index in [9.17, 15) is 9.59 Å². The average Bonchev–Trinajstić information content (AvgIpc) is 3.27. The number of hydrogen-bond donors (Lipinski definition) is 0. The minimum Gasteiger partial charge on any atom is -0.494 e. The lowest BCUT2D eigenvalue weighted by Crippen LogP contribution is -2.39. The molecule has 0 amide bonds. The number of fused-ring (bicyclic) bond motifs is 1. The number of thiazole rings is 1. The fourth-order valence-electron chi connectivity index (χ4n) is 4.77. The lowest BCUT2D eigenvalue weighted by atomic mass is 9.96. The number of rotatable bonds is 9. The van der Waals surface area contributed by atoms with Gasteiger partial charge in [-0.2, -0.15) is 0 Å². The van der Waals surface area contributed by atoms with Gasteiger partial charge in [-0.15, -0.1) is 0 Å². The summed E-state index contributed by atoms with van der Waals surface area (Å²) in [5, 5.41) is 1.10. The topological polar surface area (TPSA) is 79.1 Å². The number of esters is 1. The number of halogens is 3. The molecular weight excluding hydrogens is 722 g/mol. The van der Waals surface area contributed by atoms with Crippen molar-refractivity contribution in [3.63, 3.8) is 0 Å². The number of carbonyl (C=O) groups excluding carboxylic acids is 1. The van der Waals surface area contributed by atoms with Crippen LogP contribution in [0.4, 0.5) is 0 Å². The third-order valence-electron chi connectivity index (χ3n) is 6.68. The molecule has 1 atom stereocenters. The molecule has 3 aromatic carbocycles. The predicted octanol–water partition coefficient (Wildman–Crippen LogP) is 6.69. The molecule has 5 rings (SSSR count). The minimum absolute atomic E-state index is 0.195. The third kappa shape index (κ3) is 6.69. The van der Waals surface area contributed by atoms with Gasteiger partial charge in [0.15, 0.2) is 4.80 Å². The second-order valence-electron chi connectivity index (χ2n) is 9.49. The average molecular weight is 749 g/mol. The van der Waals surface area contributed by atoms with E-state index >= 15 is 0 Å². The molecule has 4 aromatic rings. The van der Waals surface area contributed by atoms with Crippen molar-refractivity contribution in [2.45, 2.75) is 33.4 Å². The van der Waals surface area contributed by atoms with Gasteiger partial charge in [-0.25, -0.2) is 9.79 Å². The van der Waals surface area contributed by atoms with Crippen LogP contribution in [0.3, 0.4) is 0 Å². The van der Waals surface area contributed by atoms with E-state index in [1.165, 1.54) is 11.3 Å². The summed E-state index contributed by atoms with van der Waals surface area (Å²) < 4.78 is 20.0. The molecule has 1 aliphatic heterocycles. The summed E-state index contributed by atoms with van der Waals surface area (Å²) in [6.07, 6.45) is 1.75. The van der Waals surface area contributed by atoms with E-state index in [2.05, 4.69) is 27.6 Å². The van der Waals surface area contributed by atoms with Gasteiger partial charge in [0.05, 0.1) is 38.6 Å². The maximum absolute atomic E-state index is 14.1. The van der Waals surface area contributed by atoms with Crippen molar-refractivity contribution in [1.82, 2.24) is 4.57 Å². The Hall–Kier alpha value is -3.12. The number of hydrogen-bond acceptors (Lipinski definition) is 7. The highest BCUT2D eigenvalue weighted by Crippen LogP contribution is 2.33. The summed E-state index contributed by atoms with van der Waals surface area (Å²) in [5.41, 5.74) is 2.70. The molecule has 0 aliphatic carbocycles. The van der Waals surface area contributed by atoms with Gasteiger partial charge in [-0.3, -0.25) is 9.36 Å². The molecule has 0 spiro atoms. The molecule has 0 saturated heterocycles. The zero-order valence-electron chi connectivity index (χ0n) is 23.5. The predicted molar refractivity (Wildman–Crippen MR) is 178 cm³/mol. The summed E-state index contributed by atoms with van der Waals surface area (Å²) in [7, 11) is 0.